The van der Waals surface area contributed by atoms with E-state index in [0.717, 1.165) is 12.1 Å². The lowest BCUT2D eigenvalue weighted by Crippen LogP contribution is -2.31. The molecule has 1 aliphatic rings. The number of rotatable bonds is 5. The molecule has 1 fully saturated rings. The summed E-state index contributed by atoms with van der Waals surface area (Å²) in [6.45, 7) is 0. The first kappa shape index (κ1) is 22.6. The van der Waals surface area contributed by atoms with Gasteiger partial charge in [0.2, 0.25) is 5.91 Å². The number of amides is 1. The third-order valence-electron chi connectivity index (χ3n) is 4.70. The van der Waals surface area contributed by atoms with Crippen molar-refractivity contribution >= 4 is 52.1 Å². The molecule has 2 unspecified atom stereocenters. The average molecular weight is 478 g/mol. The number of nitrogens with one attached hydrogen (secondary N) is 1. The molecule has 2 aromatic carbocycles. The minimum Gasteiger partial charge on any atom is -0.294 e. The van der Waals surface area contributed by atoms with Crippen molar-refractivity contribution in [1.82, 2.24) is 5.43 Å². The Morgan fingerprint density at radius 1 is 1.03 bits per heavy atom. The fourth-order valence-corrected chi connectivity index (χ4v) is 3.95. The zero-order valence-corrected chi connectivity index (χ0v) is 17.3. The average Bonchev–Trinajstić information content (AvgIpc) is 3.44. The topological polar surface area (TPSA) is 72.2 Å². The standard InChI is InChI=1S/C20H14Cl3F3N2O2/c21-11-3-10(4-12(22)6-11)16(20(24,25)26)8-18(29)9-1-2-17(23)14(5-9)13-7-15(13)19(30)28-27/h1-6,8,13,15H,7,27H2,(H,28,30). The SMILES string of the molecule is NNC(=O)C1CC1c1cc(C(=O)C=C(c2cc(Cl)cc(Cl)c2)C(F)(F)F)ccc1Cl. The van der Waals surface area contributed by atoms with Crippen LogP contribution in [0.15, 0.2) is 42.5 Å². The predicted octanol–water partition coefficient (Wildman–Crippen LogP) is 5.57. The van der Waals surface area contributed by atoms with Crippen LogP contribution in [0.4, 0.5) is 13.2 Å². The fourth-order valence-electron chi connectivity index (χ4n) is 3.17. The molecule has 0 radical (unpaired) electrons. The number of carbonyl (C=O) groups is 2. The third-order valence-corrected chi connectivity index (χ3v) is 5.48. The van der Waals surface area contributed by atoms with E-state index < -0.39 is 23.5 Å². The van der Waals surface area contributed by atoms with Gasteiger partial charge in [0.1, 0.15) is 0 Å². The lowest BCUT2D eigenvalue weighted by atomic mass is 9.99. The van der Waals surface area contributed by atoms with E-state index in [2.05, 4.69) is 0 Å². The van der Waals surface area contributed by atoms with Gasteiger partial charge < -0.3 is 0 Å². The molecule has 1 aliphatic carbocycles. The van der Waals surface area contributed by atoms with Crippen molar-refractivity contribution in [1.29, 1.82) is 0 Å². The number of hydrazine groups is 1. The summed E-state index contributed by atoms with van der Waals surface area (Å²) in [6, 6.07) is 7.58. The Bertz CT molecular complexity index is 1030. The number of halogens is 6. The summed E-state index contributed by atoms with van der Waals surface area (Å²) in [7, 11) is 0. The van der Waals surface area contributed by atoms with Crippen molar-refractivity contribution in [2.24, 2.45) is 11.8 Å². The first-order valence-corrected chi connectivity index (χ1v) is 9.74. The summed E-state index contributed by atoms with van der Waals surface area (Å²) < 4.78 is 40.9. The minimum absolute atomic E-state index is 0.00285. The number of carbonyl (C=O) groups excluding carboxylic acids is 2. The molecule has 3 rings (SSSR count). The highest BCUT2D eigenvalue weighted by Crippen LogP contribution is 2.50. The smallest absolute Gasteiger partial charge is 0.294 e. The van der Waals surface area contributed by atoms with E-state index in [9.17, 15) is 22.8 Å². The van der Waals surface area contributed by atoms with Crippen molar-refractivity contribution in [3.63, 3.8) is 0 Å². The zero-order chi connectivity index (χ0) is 22.2. The summed E-state index contributed by atoms with van der Waals surface area (Å²) in [4.78, 5) is 24.3. The van der Waals surface area contributed by atoms with E-state index in [0.29, 0.717) is 23.1 Å². The van der Waals surface area contributed by atoms with E-state index in [1.807, 2.05) is 5.43 Å². The van der Waals surface area contributed by atoms with Crippen LogP contribution in [0.1, 0.15) is 33.8 Å². The Balaban J connectivity index is 1.97. The second kappa shape index (κ2) is 8.59. The second-order valence-corrected chi connectivity index (χ2v) is 8.05. The van der Waals surface area contributed by atoms with Gasteiger partial charge in [0, 0.05) is 26.5 Å². The van der Waals surface area contributed by atoms with Gasteiger partial charge in [-0.15, -0.1) is 0 Å². The van der Waals surface area contributed by atoms with Gasteiger partial charge in [0.05, 0.1) is 5.57 Å². The first-order chi connectivity index (χ1) is 14.0. The summed E-state index contributed by atoms with van der Waals surface area (Å²) in [5.41, 5.74) is 1.05. The Kier molecular flexibility index (Phi) is 6.48. The molecule has 0 aliphatic heterocycles. The molecule has 1 amide bonds. The lowest BCUT2D eigenvalue weighted by Gasteiger charge is -2.13. The molecule has 0 spiro atoms. The van der Waals surface area contributed by atoms with Crippen molar-refractivity contribution < 1.29 is 22.8 Å². The van der Waals surface area contributed by atoms with Crippen LogP contribution in [0, 0.1) is 5.92 Å². The van der Waals surface area contributed by atoms with Gasteiger partial charge >= 0.3 is 6.18 Å². The Labute approximate surface area is 184 Å². The Morgan fingerprint density at radius 2 is 1.67 bits per heavy atom. The summed E-state index contributed by atoms with van der Waals surface area (Å²) in [6.07, 6.45) is -3.85. The highest BCUT2D eigenvalue weighted by atomic mass is 35.5. The van der Waals surface area contributed by atoms with Gasteiger partial charge in [-0.1, -0.05) is 34.8 Å². The van der Waals surface area contributed by atoms with Crippen LogP contribution in [0.25, 0.3) is 5.57 Å². The highest BCUT2D eigenvalue weighted by Gasteiger charge is 2.45. The van der Waals surface area contributed by atoms with Gasteiger partial charge in [-0.25, -0.2) is 5.84 Å². The highest BCUT2D eigenvalue weighted by molar-refractivity contribution is 6.35. The van der Waals surface area contributed by atoms with E-state index >= 15 is 0 Å². The molecule has 30 heavy (non-hydrogen) atoms. The summed E-state index contributed by atoms with van der Waals surface area (Å²) in [5.74, 6) is 3.22. The van der Waals surface area contributed by atoms with Crippen LogP contribution in [-0.2, 0) is 4.79 Å². The Morgan fingerprint density at radius 3 is 2.23 bits per heavy atom. The number of hydrogen-bond donors (Lipinski definition) is 2. The van der Waals surface area contributed by atoms with Gasteiger partial charge in [0.15, 0.2) is 5.78 Å². The van der Waals surface area contributed by atoms with Gasteiger partial charge in [-0.2, -0.15) is 13.2 Å². The van der Waals surface area contributed by atoms with Crippen molar-refractivity contribution in [3.05, 3.63) is 74.2 Å². The Hall–Kier alpha value is -2.06. The molecule has 2 atom stereocenters. The molecule has 158 valence electrons. The number of ketones is 1. The zero-order valence-electron chi connectivity index (χ0n) is 15.1. The quantitative estimate of drug-likeness (QED) is 0.194. The van der Waals surface area contributed by atoms with Crippen molar-refractivity contribution in [2.75, 3.05) is 0 Å². The van der Waals surface area contributed by atoms with Crippen LogP contribution < -0.4 is 11.3 Å². The largest absolute Gasteiger partial charge is 0.417 e. The van der Waals surface area contributed by atoms with Crippen LogP contribution in [0.3, 0.4) is 0 Å². The van der Waals surface area contributed by atoms with Crippen molar-refractivity contribution in [3.8, 4) is 0 Å². The summed E-state index contributed by atoms with van der Waals surface area (Å²) >= 11 is 17.8. The molecule has 0 heterocycles. The lowest BCUT2D eigenvalue weighted by molar-refractivity contribution is -0.122. The molecule has 0 saturated heterocycles. The molecular weight excluding hydrogens is 464 g/mol. The molecule has 0 aromatic heterocycles. The molecule has 0 bridgehead atoms. The molecule has 2 aromatic rings. The normalized spacial score (nSPS) is 18.8. The molecule has 10 heteroatoms. The molecule has 4 nitrogen and oxygen atoms in total. The number of allylic oxidation sites excluding steroid dienone is 2. The minimum atomic E-state index is -4.82. The first-order valence-electron chi connectivity index (χ1n) is 8.61. The maximum absolute atomic E-state index is 13.6. The molecular formula is C20H14Cl3F3N2O2. The predicted molar refractivity (Wildman–Crippen MR) is 109 cm³/mol. The third kappa shape index (κ3) is 4.98. The number of alkyl halides is 3. The van der Waals surface area contributed by atoms with Gasteiger partial charge in [-0.05, 0) is 65.9 Å². The number of nitrogens with two attached hydrogens (primary N) is 1. The molecule has 3 N–H and O–H groups in total. The van der Waals surface area contributed by atoms with Crippen LogP contribution in [0.2, 0.25) is 15.1 Å². The van der Waals surface area contributed by atoms with E-state index in [-0.39, 0.29) is 33.0 Å². The van der Waals surface area contributed by atoms with Crippen LogP contribution >= 0.6 is 34.8 Å². The van der Waals surface area contributed by atoms with Crippen LogP contribution in [-0.4, -0.2) is 17.9 Å². The summed E-state index contributed by atoms with van der Waals surface area (Å²) in [5, 5.41) is 0.323. The molecule has 1 saturated carbocycles. The van der Waals surface area contributed by atoms with E-state index in [1.54, 1.807) is 0 Å². The number of hydrogen-bond acceptors (Lipinski definition) is 3. The maximum Gasteiger partial charge on any atom is 0.417 e. The van der Waals surface area contributed by atoms with Crippen LogP contribution in [0.5, 0.6) is 0 Å². The monoisotopic (exact) mass is 476 g/mol. The maximum atomic E-state index is 13.6. The van der Waals surface area contributed by atoms with E-state index in [1.165, 1.54) is 24.3 Å². The van der Waals surface area contributed by atoms with E-state index in [4.69, 9.17) is 40.6 Å². The second-order valence-electron chi connectivity index (χ2n) is 6.77. The van der Waals surface area contributed by atoms with Crippen molar-refractivity contribution in [2.45, 2.75) is 18.5 Å². The van der Waals surface area contributed by atoms with Gasteiger partial charge in [-0.3, -0.25) is 15.0 Å². The van der Waals surface area contributed by atoms with Gasteiger partial charge in [0.25, 0.3) is 0 Å². The number of benzene rings is 2. The fraction of sp³-hybridized carbons (Fsp3) is 0.200.